The van der Waals surface area contributed by atoms with Crippen molar-refractivity contribution in [1.82, 2.24) is 4.98 Å². The van der Waals surface area contributed by atoms with E-state index in [9.17, 15) is 4.79 Å². The van der Waals surface area contributed by atoms with E-state index in [4.69, 9.17) is 4.74 Å². The van der Waals surface area contributed by atoms with Crippen LogP contribution in [0.1, 0.15) is 16.1 Å². The van der Waals surface area contributed by atoms with E-state index >= 15 is 0 Å². The lowest BCUT2D eigenvalue weighted by molar-refractivity contribution is 0.102. The topological polar surface area (TPSA) is 63.2 Å². The molecular weight excluding hydrogens is 266 g/mol. The van der Waals surface area contributed by atoms with Crippen molar-refractivity contribution >= 4 is 17.4 Å². The lowest BCUT2D eigenvalue weighted by Gasteiger charge is -2.11. The molecule has 1 aromatic carbocycles. The summed E-state index contributed by atoms with van der Waals surface area (Å²) >= 11 is 0. The second-order valence-corrected chi connectivity index (χ2v) is 4.51. The quantitative estimate of drug-likeness (QED) is 0.856. The maximum atomic E-state index is 12.3. The van der Waals surface area contributed by atoms with Crippen LogP contribution in [0, 0.1) is 0 Å². The zero-order valence-electron chi connectivity index (χ0n) is 12.2. The minimum Gasteiger partial charge on any atom is -0.384 e. The van der Waals surface area contributed by atoms with E-state index in [0.717, 1.165) is 17.7 Å². The van der Waals surface area contributed by atoms with Crippen LogP contribution in [0.4, 0.5) is 11.5 Å². The van der Waals surface area contributed by atoms with Gasteiger partial charge in [0.15, 0.2) is 0 Å². The van der Waals surface area contributed by atoms with E-state index in [-0.39, 0.29) is 5.91 Å². The van der Waals surface area contributed by atoms with Crippen LogP contribution in [-0.2, 0) is 11.2 Å². The van der Waals surface area contributed by atoms with Gasteiger partial charge in [-0.2, -0.15) is 0 Å². The number of hydrogen-bond donors (Lipinski definition) is 2. The molecule has 0 radical (unpaired) electrons. The number of para-hydroxylation sites is 1. The smallest absolute Gasteiger partial charge is 0.274 e. The number of amides is 1. The summed E-state index contributed by atoms with van der Waals surface area (Å²) in [6.07, 6.45) is 0.747. The number of nitrogens with zero attached hydrogens (tertiary/aromatic N) is 1. The maximum absolute atomic E-state index is 12.3. The SMILES string of the molecule is CNc1cccc(C(=O)Nc2ccccc2CCOC)n1. The number of carbonyl (C=O) groups excluding carboxylic acids is 1. The highest BCUT2D eigenvalue weighted by Crippen LogP contribution is 2.17. The van der Waals surface area contributed by atoms with E-state index in [1.165, 1.54) is 0 Å². The largest absolute Gasteiger partial charge is 0.384 e. The monoisotopic (exact) mass is 285 g/mol. The fraction of sp³-hybridized carbons (Fsp3) is 0.250. The van der Waals surface area contributed by atoms with Crippen molar-refractivity contribution in [1.29, 1.82) is 0 Å². The summed E-state index contributed by atoms with van der Waals surface area (Å²) in [5, 5.41) is 5.82. The van der Waals surface area contributed by atoms with E-state index < -0.39 is 0 Å². The van der Waals surface area contributed by atoms with Crippen LogP contribution in [0.2, 0.25) is 0 Å². The van der Waals surface area contributed by atoms with Gasteiger partial charge in [-0.1, -0.05) is 24.3 Å². The summed E-state index contributed by atoms with van der Waals surface area (Å²) in [5.41, 5.74) is 2.21. The standard InChI is InChI=1S/C16H19N3O2/c1-17-15-9-5-8-14(18-15)16(20)19-13-7-4-3-6-12(13)10-11-21-2/h3-9H,10-11H2,1-2H3,(H,17,18)(H,19,20). The van der Waals surface area contributed by atoms with Crippen LogP contribution >= 0.6 is 0 Å². The number of benzene rings is 1. The summed E-state index contributed by atoms with van der Waals surface area (Å²) in [6.45, 7) is 0.611. The van der Waals surface area contributed by atoms with Crippen molar-refractivity contribution in [2.45, 2.75) is 6.42 Å². The van der Waals surface area contributed by atoms with Gasteiger partial charge in [-0.05, 0) is 30.2 Å². The Morgan fingerprint density at radius 2 is 2.00 bits per heavy atom. The average molecular weight is 285 g/mol. The van der Waals surface area contributed by atoms with Crippen LogP contribution in [-0.4, -0.2) is 31.7 Å². The molecule has 5 heteroatoms. The van der Waals surface area contributed by atoms with Gasteiger partial charge in [-0.3, -0.25) is 4.79 Å². The minimum absolute atomic E-state index is 0.225. The number of nitrogens with one attached hydrogen (secondary N) is 2. The molecule has 0 aliphatic carbocycles. The first-order valence-corrected chi connectivity index (χ1v) is 6.77. The Kier molecular flexibility index (Phi) is 5.29. The first-order chi connectivity index (χ1) is 10.2. The first kappa shape index (κ1) is 15.0. The number of anilines is 2. The van der Waals surface area contributed by atoms with Crippen LogP contribution in [0.25, 0.3) is 0 Å². The second-order valence-electron chi connectivity index (χ2n) is 4.51. The first-order valence-electron chi connectivity index (χ1n) is 6.77. The van der Waals surface area contributed by atoms with E-state index in [1.54, 1.807) is 26.3 Å². The molecule has 2 rings (SSSR count). The van der Waals surface area contributed by atoms with E-state index in [1.807, 2.05) is 30.3 Å². The molecule has 0 saturated carbocycles. The molecule has 5 nitrogen and oxygen atoms in total. The fourth-order valence-corrected chi connectivity index (χ4v) is 1.96. The predicted molar refractivity (Wildman–Crippen MR) is 83.8 cm³/mol. The molecule has 0 aliphatic rings. The lowest BCUT2D eigenvalue weighted by Crippen LogP contribution is -2.15. The molecule has 21 heavy (non-hydrogen) atoms. The van der Waals surface area contributed by atoms with Gasteiger partial charge < -0.3 is 15.4 Å². The van der Waals surface area contributed by atoms with Gasteiger partial charge >= 0.3 is 0 Å². The third kappa shape index (κ3) is 4.03. The summed E-state index contributed by atoms with van der Waals surface area (Å²) in [5.74, 6) is 0.437. The summed E-state index contributed by atoms with van der Waals surface area (Å²) in [4.78, 5) is 16.5. The Morgan fingerprint density at radius 3 is 2.76 bits per heavy atom. The van der Waals surface area contributed by atoms with Crippen molar-refractivity contribution in [3.8, 4) is 0 Å². The zero-order valence-corrected chi connectivity index (χ0v) is 12.2. The number of pyridine rings is 1. The molecule has 0 fully saturated rings. The van der Waals surface area contributed by atoms with Gasteiger partial charge in [-0.15, -0.1) is 0 Å². The van der Waals surface area contributed by atoms with Gasteiger partial charge in [0.25, 0.3) is 5.91 Å². The van der Waals surface area contributed by atoms with Gasteiger partial charge in [0.1, 0.15) is 11.5 Å². The normalized spacial score (nSPS) is 10.2. The van der Waals surface area contributed by atoms with Crippen molar-refractivity contribution in [2.75, 3.05) is 31.4 Å². The highest BCUT2D eigenvalue weighted by atomic mass is 16.5. The van der Waals surface area contributed by atoms with Crippen molar-refractivity contribution in [2.24, 2.45) is 0 Å². The summed E-state index contributed by atoms with van der Waals surface area (Å²) < 4.78 is 5.09. The highest BCUT2D eigenvalue weighted by molar-refractivity contribution is 6.03. The zero-order chi connectivity index (χ0) is 15.1. The number of methoxy groups -OCH3 is 1. The minimum atomic E-state index is -0.225. The van der Waals surface area contributed by atoms with Gasteiger partial charge in [0.2, 0.25) is 0 Å². The summed E-state index contributed by atoms with van der Waals surface area (Å²) in [6, 6.07) is 13.0. The van der Waals surface area contributed by atoms with Gasteiger partial charge in [0, 0.05) is 19.8 Å². The third-order valence-corrected chi connectivity index (χ3v) is 3.08. The van der Waals surface area contributed by atoms with Crippen molar-refractivity contribution in [3.05, 3.63) is 53.7 Å². The molecule has 1 aromatic heterocycles. The number of carbonyl (C=O) groups is 1. The van der Waals surface area contributed by atoms with Crippen LogP contribution in [0.3, 0.4) is 0 Å². The molecule has 0 bridgehead atoms. The van der Waals surface area contributed by atoms with Gasteiger partial charge in [0.05, 0.1) is 6.61 Å². The Labute approximate surface area is 124 Å². The molecule has 2 aromatic rings. The highest BCUT2D eigenvalue weighted by Gasteiger charge is 2.10. The molecule has 0 atom stereocenters. The Hall–Kier alpha value is -2.40. The molecule has 110 valence electrons. The molecule has 1 amide bonds. The molecule has 1 heterocycles. The molecule has 0 aliphatic heterocycles. The average Bonchev–Trinajstić information content (AvgIpc) is 2.54. The maximum Gasteiger partial charge on any atom is 0.274 e. The fourth-order valence-electron chi connectivity index (χ4n) is 1.96. The second kappa shape index (κ2) is 7.40. The predicted octanol–water partition coefficient (Wildman–Crippen LogP) is 2.56. The molecule has 0 saturated heterocycles. The Bertz CT molecular complexity index is 614. The number of rotatable bonds is 6. The summed E-state index contributed by atoms with van der Waals surface area (Å²) in [7, 11) is 3.43. The molecule has 2 N–H and O–H groups in total. The Balaban J connectivity index is 2.15. The van der Waals surface area contributed by atoms with Crippen LogP contribution < -0.4 is 10.6 Å². The van der Waals surface area contributed by atoms with Crippen molar-refractivity contribution < 1.29 is 9.53 Å². The van der Waals surface area contributed by atoms with Crippen molar-refractivity contribution in [3.63, 3.8) is 0 Å². The van der Waals surface area contributed by atoms with Gasteiger partial charge in [-0.25, -0.2) is 4.98 Å². The third-order valence-electron chi connectivity index (χ3n) is 3.08. The molecule has 0 unspecified atom stereocenters. The van der Waals surface area contributed by atoms with E-state index in [0.29, 0.717) is 18.1 Å². The molecule has 0 spiro atoms. The Morgan fingerprint density at radius 1 is 1.19 bits per heavy atom. The molecular formula is C16H19N3O2. The lowest BCUT2D eigenvalue weighted by atomic mass is 10.1. The van der Waals surface area contributed by atoms with E-state index in [2.05, 4.69) is 15.6 Å². The number of ether oxygens (including phenoxy) is 1. The van der Waals surface area contributed by atoms with Crippen LogP contribution in [0.15, 0.2) is 42.5 Å². The van der Waals surface area contributed by atoms with Crippen LogP contribution in [0.5, 0.6) is 0 Å². The number of aromatic nitrogens is 1. The number of hydrogen-bond acceptors (Lipinski definition) is 4.